The van der Waals surface area contributed by atoms with Crippen LogP contribution in [0.25, 0.3) is 0 Å². The molecule has 0 radical (unpaired) electrons. The summed E-state index contributed by atoms with van der Waals surface area (Å²) in [5.74, 6) is 1.04. The van der Waals surface area contributed by atoms with E-state index in [9.17, 15) is 4.79 Å². The standard InChI is InChI=1S/C14H12N4O2S2/c1-9-7-11(18-20-9)12(19)15-13-16-17-14(22-13)21-8-10-5-3-2-4-6-10/h2-7H,8H2,1H3,(H,15,16,19). The van der Waals surface area contributed by atoms with Gasteiger partial charge in [-0.25, -0.2) is 0 Å². The van der Waals surface area contributed by atoms with Gasteiger partial charge in [0.15, 0.2) is 10.0 Å². The molecule has 0 saturated carbocycles. The number of aryl methyl sites for hydroxylation is 1. The van der Waals surface area contributed by atoms with Crippen LogP contribution in [0.3, 0.4) is 0 Å². The normalized spacial score (nSPS) is 10.6. The topological polar surface area (TPSA) is 80.9 Å². The molecule has 1 N–H and O–H groups in total. The molecule has 0 saturated heterocycles. The van der Waals surface area contributed by atoms with Gasteiger partial charge < -0.3 is 4.52 Å². The Morgan fingerprint density at radius 3 is 2.86 bits per heavy atom. The molecule has 0 fully saturated rings. The van der Waals surface area contributed by atoms with Gasteiger partial charge in [0.1, 0.15) is 5.76 Å². The quantitative estimate of drug-likeness (QED) is 0.570. The minimum atomic E-state index is -0.354. The predicted molar refractivity (Wildman–Crippen MR) is 85.1 cm³/mol. The molecule has 3 aromatic rings. The molecule has 1 amide bonds. The molecule has 0 atom stereocenters. The first-order valence-electron chi connectivity index (χ1n) is 6.45. The average Bonchev–Trinajstić information content (AvgIpc) is 3.15. The van der Waals surface area contributed by atoms with Crippen molar-refractivity contribution in [3.63, 3.8) is 0 Å². The minimum absolute atomic E-state index is 0.228. The van der Waals surface area contributed by atoms with Crippen LogP contribution in [0.2, 0.25) is 0 Å². The third-order valence-electron chi connectivity index (χ3n) is 2.69. The lowest BCUT2D eigenvalue weighted by molar-refractivity contribution is 0.101. The molecule has 0 aliphatic carbocycles. The molecule has 0 bridgehead atoms. The summed E-state index contributed by atoms with van der Waals surface area (Å²) >= 11 is 2.91. The third kappa shape index (κ3) is 3.71. The van der Waals surface area contributed by atoms with E-state index >= 15 is 0 Å². The maximum Gasteiger partial charge on any atom is 0.279 e. The molecule has 2 heterocycles. The number of nitrogens with one attached hydrogen (secondary N) is 1. The molecule has 0 aliphatic rings. The van der Waals surface area contributed by atoms with E-state index in [1.54, 1.807) is 24.8 Å². The van der Waals surface area contributed by atoms with Crippen LogP contribution in [0.15, 0.2) is 45.3 Å². The summed E-state index contributed by atoms with van der Waals surface area (Å²) in [4.78, 5) is 11.9. The maximum absolute atomic E-state index is 11.9. The van der Waals surface area contributed by atoms with Gasteiger partial charge in [-0.05, 0) is 12.5 Å². The van der Waals surface area contributed by atoms with Crippen molar-refractivity contribution < 1.29 is 9.32 Å². The number of hydrogen-bond donors (Lipinski definition) is 1. The Bertz CT molecular complexity index is 770. The summed E-state index contributed by atoms with van der Waals surface area (Å²) in [5.41, 5.74) is 1.44. The fourth-order valence-electron chi connectivity index (χ4n) is 1.67. The first kappa shape index (κ1) is 14.7. The van der Waals surface area contributed by atoms with Crippen molar-refractivity contribution in [3.05, 3.63) is 53.4 Å². The van der Waals surface area contributed by atoms with E-state index in [1.807, 2.05) is 18.2 Å². The average molecular weight is 332 g/mol. The van der Waals surface area contributed by atoms with Gasteiger partial charge in [-0.3, -0.25) is 10.1 Å². The summed E-state index contributed by atoms with van der Waals surface area (Å²) in [5, 5.41) is 14.8. The number of carbonyl (C=O) groups is 1. The molecule has 6 nitrogen and oxygen atoms in total. The van der Waals surface area contributed by atoms with Gasteiger partial charge in [-0.2, -0.15) is 0 Å². The Hall–Kier alpha value is -2.19. The molecule has 112 valence electrons. The minimum Gasteiger partial charge on any atom is -0.361 e. The largest absolute Gasteiger partial charge is 0.361 e. The van der Waals surface area contributed by atoms with E-state index in [2.05, 4.69) is 32.8 Å². The van der Waals surface area contributed by atoms with Crippen molar-refractivity contribution in [2.75, 3.05) is 5.32 Å². The highest BCUT2D eigenvalue weighted by Crippen LogP contribution is 2.28. The fraction of sp³-hybridized carbons (Fsp3) is 0.143. The Balaban J connectivity index is 1.58. The zero-order chi connectivity index (χ0) is 15.4. The maximum atomic E-state index is 11.9. The predicted octanol–water partition coefficient (Wildman–Crippen LogP) is 3.38. The van der Waals surface area contributed by atoms with Gasteiger partial charge >= 0.3 is 0 Å². The second kappa shape index (κ2) is 6.71. The number of carbonyl (C=O) groups excluding carboxylic acids is 1. The molecule has 2 aromatic heterocycles. The van der Waals surface area contributed by atoms with Crippen LogP contribution < -0.4 is 5.32 Å². The highest BCUT2D eigenvalue weighted by molar-refractivity contribution is 8.00. The Labute approximate surface area is 134 Å². The van der Waals surface area contributed by atoms with Crippen LogP contribution in [0, 0.1) is 6.92 Å². The second-order valence-corrected chi connectivity index (χ2v) is 6.62. The zero-order valence-electron chi connectivity index (χ0n) is 11.6. The highest BCUT2D eigenvalue weighted by atomic mass is 32.2. The summed E-state index contributed by atoms with van der Waals surface area (Å²) in [6.45, 7) is 1.73. The number of benzene rings is 1. The van der Waals surface area contributed by atoms with Crippen LogP contribution in [0.5, 0.6) is 0 Å². The third-order valence-corrected chi connectivity index (χ3v) is 4.74. The van der Waals surface area contributed by atoms with Crippen LogP contribution in [-0.4, -0.2) is 21.3 Å². The van der Waals surface area contributed by atoms with Gasteiger partial charge in [-0.1, -0.05) is 58.6 Å². The van der Waals surface area contributed by atoms with Crippen molar-refractivity contribution in [2.24, 2.45) is 0 Å². The number of thioether (sulfide) groups is 1. The molecule has 0 aliphatic heterocycles. The van der Waals surface area contributed by atoms with Crippen LogP contribution in [0.1, 0.15) is 21.8 Å². The summed E-state index contributed by atoms with van der Waals surface area (Å²) in [6.07, 6.45) is 0. The van der Waals surface area contributed by atoms with Crippen molar-refractivity contribution in [1.29, 1.82) is 0 Å². The summed E-state index contributed by atoms with van der Waals surface area (Å²) < 4.78 is 5.67. The van der Waals surface area contributed by atoms with Gasteiger partial charge in [0.05, 0.1) is 0 Å². The van der Waals surface area contributed by atoms with Crippen molar-refractivity contribution >= 4 is 34.1 Å². The van der Waals surface area contributed by atoms with Crippen LogP contribution in [0.4, 0.5) is 5.13 Å². The SMILES string of the molecule is Cc1cc(C(=O)Nc2nnc(SCc3ccccc3)s2)no1. The molecule has 22 heavy (non-hydrogen) atoms. The van der Waals surface area contributed by atoms with Gasteiger partial charge in [0.2, 0.25) is 5.13 Å². The number of amides is 1. The number of aromatic nitrogens is 3. The molecular weight excluding hydrogens is 320 g/mol. The second-order valence-electron chi connectivity index (χ2n) is 4.42. The number of anilines is 1. The molecular formula is C14H12N4O2S2. The number of hydrogen-bond acceptors (Lipinski definition) is 7. The zero-order valence-corrected chi connectivity index (χ0v) is 13.3. The van der Waals surface area contributed by atoms with E-state index in [1.165, 1.54) is 16.9 Å². The Morgan fingerprint density at radius 2 is 2.14 bits per heavy atom. The molecule has 0 unspecified atom stereocenters. The lowest BCUT2D eigenvalue weighted by Gasteiger charge is -1.97. The van der Waals surface area contributed by atoms with E-state index < -0.39 is 0 Å². The van der Waals surface area contributed by atoms with Crippen LogP contribution in [-0.2, 0) is 5.75 Å². The number of nitrogens with zero attached hydrogens (tertiary/aromatic N) is 3. The van der Waals surface area contributed by atoms with E-state index in [0.29, 0.717) is 10.9 Å². The van der Waals surface area contributed by atoms with E-state index in [0.717, 1.165) is 10.1 Å². The Kier molecular flexibility index (Phi) is 4.50. The lowest BCUT2D eigenvalue weighted by atomic mass is 10.2. The fourth-order valence-corrected chi connectivity index (χ4v) is 3.38. The van der Waals surface area contributed by atoms with E-state index in [4.69, 9.17) is 4.52 Å². The summed E-state index contributed by atoms with van der Waals surface area (Å²) in [6, 6.07) is 11.7. The van der Waals surface area contributed by atoms with Crippen LogP contribution >= 0.6 is 23.1 Å². The Morgan fingerprint density at radius 1 is 1.32 bits per heavy atom. The monoisotopic (exact) mass is 332 g/mol. The van der Waals surface area contributed by atoms with Gasteiger partial charge in [0, 0.05) is 11.8 Å². The highest BCUT2D eigenvalue weighted by Gasteiger charge is 2.14. The molecule has 1 aromatic carbocycles. The van der Waals surface area contributed by atoms with Crippen molar-refractivity contribution in [2.45, 2.75) is 17.0 Å². The number of rotatable bonds is 5. The molecule has 8 heteroatoms. The van der Waals surface area contributed by atoms with E-state index in [-0.39, 0.29) is 11.6 Å². The molecule has 0 spiro atoms. The van der Waals surface area contributed by atoms with Gasteiger partial charge in [0.25, 0.3) is 5.91 Å². The van der Waals surface area contributed by atoms with Crippen molar-refractivity contribution in [3.8, 4) is 0 Å². The first-order valence-corrected chi connectivity index (χ1v) is 8.26. The van der Waals surface area contributed by atoms with Crippen molar-refractivity contribution in [1.82, 2.24) is 15.4 Å². The lowest BCUT2D eigenvalue weighted by Crippen LogP contribution is -2.11. The summed E-state index contributed by atoms with van der Waals surface area (Å²) in [7, 11) is 0. The first-order chi connectivity index (χ1) is 10.7. The molecule has 3 rings (SSSR count). The smallest absolute Gasteiger partial charge is 0.279 e. The van der Waals surface area contributed by atoms with Gasteiger partial charge in [-0.15, -0.1) is 10.2 Å².